The molecule has 20 heavy (non-hydrogen) atoms. The van der Waals surface area contributed by atoms with Crippen molar-refractivity contribution in [3.05, 3.63) is 12.3 Å². The molecule has 1 aliphatic rings. The van der Waals surface area contributed by atoms with Gasteiger partial charge in [0, 0.05) is 0 Å². The van der Waals surface area contributed by atoms with E-state index >= 15 is 0 Å². The number of ether oxygens (including phenoxy) is 1. The second-order valence-corrected chi connectivity index (χ2v) is 5.49. The van der Waals surface area contributed by atoms with E-state index in [2.05, 4.69) is 6.92 Å². The van der Waals surface area contributed by atoms with Crippen molar-refractivity contribution in [1.82, 2.24) is 0 Å². The fourth-order valence-electron chi connectivity index (χ4n) is 2.67. The summed E-state index contributed by atoms with van der Waals surface area (Å²) in [6.45, 7) is 2.17. The molecular weight excluding hydrogens is 256 g/mol. The molecule has 2 unspecified atom stereocenters. The van der Waals surface area contributed by atoms with Gasteiger partial charge in [-0.1, -0.05) is 39.0 Å². The zero-order valence-electron chi connectivity index (χ0n) is 12.3. The number of allylic oxidation sites excluding steroid dienone is 1. The summed E-state index contributed by atoms with van der Waals surface area (Å²) in [6.07, 6.45) is 11.9. The Morgan fingerprint density at radius 3 is 2.50 bits per heavy atom. The van der Waals surface area contributed by atoms with Crippen LogP contribution >= 0.6 is 0 Å². The van der Waals surface area contributed by atoms with Crippen molar-refractivity contribution in [3.63, 3.8) is 0 Å². The molecule has 0 radical (unpaired) electrons. The van der Waals surface area contributed by atoms with E-state index in [0.717, 1.165) is 25.7 Å². The number of hydrogen-bond acceptors (Lipinski definition) is 3. The highest BCUT2D eigenvalue weighted by atomic mass is 16.5. The lowest BCUT2D eigenvalue weighted by Gasteiger charge is -2.25. The Bertz CT molecular complexity index is 335. The van der Waals surface area contributed by atoms with Crippen LogP contribution in [-0.2, 0) is 14.3 Å². The average molecular weight is 282 g/mol. The van der Waals surface area contributed by atoms with Crippen LogP contribution in [0.4, 0.5) is 0 Å². The van der Waals surface area contributed by atoms with E-state index < -0.39 is 17.8 Å². The predicted octanol–water partition coefficient (Wildman–Crippen LogP) is 3.90. The molecule has 0 spiro atoms. The molecule has 1 aliphatic carbocycles. The molecule has 1 N–H and O–H groups in total. The van der Waals surface area contributed by atoms with Crippen LogP contribution in [0.25, 0.3) is 0 Å². The lowest BCUT2D eigenvalue weighted by atomic mass is 9.79. The quantitative estimate of drug-likeness (QED) is 0.416. The van der Waals surface area contributed by atoms with Crippen molar-refractivity contribution in [1.29, 1.82) is 0 Å². The summed E-state index contributed by atoms with van der Waals surface area (Å²) in [5.74, 6) is -2.32. The first kappa shape index (κ1) is 16.7. The maximum atomic E-state index is 11.9. The van der Waals surface area contributed by atoms with Crippen LogP contribution in [0.2, 0.25) is 0 Å². The number of carboxylic acids is 1. The number of carboxylic acid groups (broad SMARTS) is 1. The maximum absolute atomic E-state index is 11.9. The van der Waals surface area contributed by atoms with Gasteiger partial charge in [-0.2, -0.15) is 0 Å². The molecule has 4 heteroatoms. The first-order valence-corrected chi connectivity index (χ1v) is 7.75. The molecule has 1 fully saturated rings. The first-order chi connectivity index (χ1) is 9.66. The van der Waals surface area contributed by atoms with Gasteiger partial charge in [0.25, 0.3) is 0 Å². The molecule has 0 heterocycles. The standard InChI is InChI=1S/C16H26O4/c1-2-3-4-5-6-9-12-20-16(19)14-11-8-7-10-13(14)15(17)18/h9,12-14H,2-8,10-11H2,1H3,(H,17,18)/b12-9+. The van der Waals surface area contributed by atoms with Gasteiger partial charge in [0.05, 0.1) is 18.1 Å². The van der Waals surface area contributed by atoms with Crippen LogP contribution < -0.4 is 0 Å². The summed E-state index contributed by atoms with van der Waals surface area (Å²) < 4.78 is 5.09. The van der Waals surface area contributed by atoms with Gasteiger partial charge in [-0.25, -0.2) is 0 Å². The van der Waals surface area contributed by atoms with Gasteiger partial charge >= 0.3 is 11.9 Å². The minimum Gasteiger partial charge on any atom is -0.481 e. The van der Waals surface area contributed by atoms with Crippen LogP contribution in [0.5, 0.6) is 0 Å². The number of hydrogen-bond donors (Lipinski definition) is 1. The van der Waals surface area contributed by atoms with E-state index in [0.29, 0.717) is 12.8 Å². The van der Waals surface area contributed by atoms with Crippen LogP contribution in [0.15, 0.2) is 12.3 Å². The Hall–Kier alpha value is -1.32. The fraction of sp³-hybridized carbons (Fsp3) is 0.750. The van der Waals surface area contributed by atoms with E-state index in [-0.39, 0.29) is 5.97 Å². The number of unbranched alkanes of at least 4 members (excludes halogenated alkanes) is 4. The molecule has 1 rings (SSSR count). The third-order valence-corrected chi connectivity index (χ3v) is 3.89. The van der Waals surface area contributed by atoms with Crippen molar-refractivity contribution in [2.45, 2.75) is 64.7 Å². The molecule has 0 bridgehead atoms. The van der Waals surface area contributed by atoms with Crippen molar-refractivity contribution in [2.75, 3.05) is 0 Å². The van der Waals surface area contributed by atoms with Gasteiger partial charge in [0.2, 0.25) is 0 Å². The molecule has 2 atom stereocenters. The second-order valence-electron chi connectivity index (χ2n) is 5.49. The summed E-state index contributed by atoms with van der Waals surface area (Å²) in [5, 5.41) is 9.12. The molecule has 0 aromatic rings. The van der Waals surface area contributed by atoms with E-state index in [1.165, 1.54) is 25.5 Å². The number of rotatable bonds is 8. The molecule has 0 saturated heterocycles. The molecule has 4 nitrogen and oxygen atoms in total. The highest BCUT2D eigenvalue weighted by Gasteiger charge is 2.36. The fourth-order valence-corrected chi connectivity index (χ4v) is 2.67. The van der Waals surface area contributed by atoms with Crippen LogP contribution in [0.1, 0.15) is 64.7 Å². The van der Waals surface area contributed by atoms with E-state index in [9.17, 15) is 9.59 Å². The highest BCUT2D eigenvalue weighted by Crippen LogP contribution is 2.31. The lowest BCUT2D eigenvalue weighted by molar-refractivity contribution is -0.156. The minimum atomic E-state index is -0.879. The van der Waals surface area contributed by atoms with Crippen molar-refractivity contribution in [2.24, 2.45) is 11.8 Å². The smallest absolute Gasteiger partial charge is 0.314 e. The Kier molecular flexibility index (Phi) is 8.00. The zero-order valence-corrected chi connectivity index (χ0v) is 12.3. The van der Waals surface area contributed by atoms with Gasteiger partial charge in [0.15, 0.2) is 0 Å². The van der Waals surface area contributed by atoms with Gasteiger partial charge in [-0.15, -0.1) is 0 Å². The number of carbonyl (C=O) groups is 2. The molecule has 0 aliphatic heterocycles. The number of aliphatic carboxylic acids is 1. The SMILES string of the molecule is CCCCCC/C=C/OC(=O)C1CCCCC1C(=O)O. The van der Waals surface area contributed by atoms with Crippen molar-refractivity contribution in [3.8, 4) is 0 Å². The highest BCUT2D eigenvalue weighted by molar-refractivity contribution is 5.81. The van der Waals surface area contributed by atoms with Gasteiger partial charge in [0.1, 0.15) is 0 Å². The maximum Gasteiger partial charge on any atom is 0.314 e. The third-order valence-electron chi connectivity index (χ3n) is 3.89. The average Bonchev–Trinajstić information content (AvgIpc) is 2.46. The number of carbonyl (C=O) groups excluding carboxylic acids is 1. The summed E-state index contributed by atoms with van der Waals surface area (Å²) in [6, 6.07) is 0. The van der Waals surface area contributed by atoms with E-state index in [1.807, 2.05) is 6.08 Å². The van der Waals surface area contributed by atoms with Gasteiger partial charge in [-0.05, 0) is 31.8 Å². The van der Waals surface area contributed by atoms with Crippen molar-refractivity contribution < 1.29 is 19.4 Å². The summed E-state index contributed by atoms with van der Waals surface area (Å²) >= 11 is 0. The van der Waals surface area contributed by atoms with Gasteiger partial charge in [-0.3, -0.25) is 9.59 Å². The third kappa shape index (κ3) is 5.76. The molecule has 0 aromatic heterocycles. The molecule has 0 aromatic carbocycles. The Balaban J connectivity index is 2.30. The number of esters is 1. The molecule has 1 saturated carbocycles. The Morgan fingerprint density at radius 1 is 1.15 bits per heavy atom. The minimum absolute atomic E-state index is 0.387. The summed E-state index contributed by atoms with van der Waals surface area (Å²) in [4.78, 5) is 23.0. The summed E-state index contributed by atoms with van der Waals surface area (Å²) in [7, 11) is 0. The predicted molar refractivity (Wildman–Crippen MR) is 77.1 cm³/mol. The summed E-state index contributed by atoms with van der Waals surface area (Å²) in [5.41, 5.74) is 0. The largest absolute Gasteiger partial charge is 0.481 e. The van der Waals surface area contributed by atoms with Crippen LogP contribution in [-0.4, -0.2) is 17.0 Å². The van der Waals surface area contributed by atoms with Crippen LogP contribution in [0.3, 0.4) is 0 Å². The molecule has 114 valence electrons. The Labute approximate surface area is 121 Å². The van der Waals surface area contributed by atoms with Crippen LogP contribution in [0, 0.1) is 11.8 Å². The van der Waals surface area contributed by atoms with Crippen molar-refractivity contribution >= 4 is 11.9 Å². The van der Waals surface area contributed by atoms with Gasteiger partial charge < -0.3 is 9.84 Å². The van der Waals surface area contributed by atoms with E-state index in [1.54, 1.807) is 0 Å². The topological polar surface area (TPSA) is 63.6 Å². The monoisotopic (exact) mass is 282 g/mol. The zero-order chi connectivity index (χ0) is 14.8. The molecular formula is C16H26O4. The Morgan fingerprint density at radius 2 is 1.85 bits per heavy atom. The first-order valence-electron chi connectivity index (χ1n) is 7.75. The lowest BCUT2D eigenvalue weighted by Crippen LogP contribution is -2.33. The normalized spacial score (nSPS) is 22.9. The molecule has 0 amide bonds. The second kappa shape index (κ2) is 9.56. The van der Waals surface area contributed by atoms with E-state index in [4.69, 9.17) is 9.84 Å².